The van der Waals surface area contributed by atoms with Crippen molar-refractivity contribution >= 4 is 61.8 Å². The molecule has 0 aromatic heterocycles. The lowest BCUT2D eigenvalue weighted by molar-refractivity contribution is 0.0942. The maximum atomic E-state index is 12.1. The van der Waals surface area contributed by atoms with Crippen LogP contribution < -0.4 is 16.2 Å². The molecule has 114 valence electrons. The number of carbonyl (C=O) groups is 1. The number of rotatable bonds is 3. The first kappa shape index (κ1) is 17.2. The van der Waals surface area contributed by atoms with Crippen LogP contribution in [0.4, 0.5) is 0 Å². The summed E-state index contributed by atoms with van der Waals surface area (Å²) in [6.45, 7) is 0.594. The molecule has 0 spiro atoms. The van der Waals surface area contributed by atoms with Crippen LogP contribution in [-0.2, 0) is 6.54 Å². The predicted molar refractivity (Wildman–Crippen MR) is 103 cm³/mol. The third-order valence-electron chi connectivity index (χ3n) is 2.76. The van der Waals surface area contributed by atoms with Crippen molar-refractivity contribution in [3.05, 3.63) is 67.7 Å². The van der Waals surface area contributed by atoms with Crippen molar-refractivity contribution in [1.29, 1.82) is 0 Å². The Morgan fingerprint density at radius 1 is 1.14 bits per heavy atom. The second-order valence-corrected chi connectivity index (χ2v) is 6.86. The third kappa shape index (κ3) is 5.22. The molecule has 22 heavy (non-hydrogen) atoms. The van der Waals surface area contributed by atoms with E-state index in [-0.39, 0.29) is 5.91 Å². The number of nitrogens with one attached hydrogen (secondary N) is 3. The molecule has 0 heterocycles. The fraction of sp³-hybridized carbons (Fsp3) is 0.0667. The van der Waals surface area contributed by atoms with Crippen LogP contribution in [0.1, 0.15) is 15.9 Å². The highest BCUT2D eigenvalue weighted by atomic mass is 127. The van der Waals surface area contributed by atoms with Gasteiger partial charge in [0.2, 0.25) is 0 Å². The number of amides is 1. The SMILES string of the molecule is O=C(NNC(=S)NCc1ccccc1)c1cc(Br)ccc1I. The molecule has 1 amide bonds. The molecular formula is C15H13BrIN3OS. The van der Waals surface area contributed by atoms with Crippen LogP contribution in [0.3, 0.4) is 0 Å². The fourth-order valence-corrected chi connectivity index (χ4v) is 2.74. The molecule has 0 saturated carbocycles. The van der Waals surface area contributed by atoms with Crippen molar-refractivity contribution in [2.75, 3.05) is 0 Å². The van der Waals surface area contributed by atoms with E-state index in [0.717, 1.165) is 13.6 Å². The quantitative estimate of drug-likeness (QED) is 0.351. The van der Waals surface area contributed by atoms with Crippen LogP contribution in [0.2, 0.25) is 0 Å². The Morgan fingerprint density at radius 2 is 1.86 bits per heavy atom. The van der Waals surface area contributed by atoms with Gasteiger partial charge in [0, 0.05) is 14.6 Å². The summed E-state index contributed by atoms with van der Waals surface area (Å²) in [4.78, 5) is 12.1. The van der Waals surface area contributed by atoms with Gasteiger partial charge in [-0.15, -0.1) is 0 Å². The lowest BCUT2D eigenvalue weighted by Crippen LogP contribution is -2.46. The summed E-state index contributed by atoms with van der Waals surface area (Å²) in [5.74, 6) is -0.241. The molecule has 2 rings (SSSR count). The standard InChI is InChI=1S/C15H13BrIN3OS/c16-11-6-7-13(17)12(8-11)14(21)19-20-15(22)18-9-10-4-2-1-3-5-10/h1-8H,9H2,(H,19,21)(H2,18,20,22). The van der Waals surface area contributed by atoms with Gasteiger partial charge in [0.1, 0.15) is 0 Å². The lowest BCUT2D eigenvalue weighted by Gasteiger charge is -2.12. The van der Waals surface area contributed by atoms with E-state index < -0.39 is 0 Å². The Kier molecular flexibility index (Phi) is 6.59. The summed E-state index contributed by atoms with van der Waals surface area (Å²) in [5.41, 5.74) is 6.97. The number of thiocarbonyl (C=S) groups is 1. The molecule has 4 nitrogen and oxygen atoms in total. The van der Waals surface area contributed by atoms with Crippen LogP contribution in [0.5, 0.6) is 0 Å². The van der Waals surface area contributed by atoms with Crippen molar-refractivity contribution in [2.24, 2.45) is 0 Å². The van der Waals surface area contributed by atoms with Gasteiger partial charge in [-0.05, 0) is 58.6 Å². The Balaban J connectivity index is 1.83. The van der Waals surface area contributed by atoms with Crippen molar-refractivity contribution in [3.63, 3.8) is 0 Å². The first-order chi connectivity index (χ1) is 10.6. The highest BCUT2D eigenvalue weighted by Gasteiger charge is 2.10. The molecule has 0 unspecified atom stereocenters. The van der Waals surface area contributed by atoms with E-state index in [9.17, 15) is 4.79 Å². The molecule has 0 atom stereocenters. The Labute approximate surface area is 156 Å². The van der Waals surface area contributed by atoms with Crippen molar-refractivity contribution < 1.29 is 4.79 Å². The summed E-state index contributed by atoms with van der Waals surface area (Å²) in [7, 11) is 0. The van der Waals surface area contributed by atoms with Gasteiger partial charge in [-0.2, -0.15) is 0 Å². The summed E-state index contributed by atoms with van der Waals surface area (Å²) >= 11 is 10.6. The normalized spacial score (nSPS) is 9.91. The zero-order valence-electron chi connectivity index (χ0n) is 11.4. The Hall–Kier alpha value is -1.19. The summed E-state index contributed by atoms with van der Waals surface area (Å²) in [5, 5.41) is 3.39. The topological polar surface area (TPSA) is 53.2 Å². The number of carbonyl (C=O) groups excluding carboxylic acids is 1. The fourth-order valence-electron chi connectivity index (χ4n) is 1.67. The van der Waals surface area contributed by atoms with Gasteiger partial charge in [0.25, 0.3) is 5.91 Å². The Bertz CT molecular complexity index is 682. The van der Waals surface area contributed by atoms with Crippen LogP contribution >= 0.6 is 50.7 Å². The molecule has 0 aliphatic carbocycles. The van der Waals surface area contributed by atoms with Crippen LogP contribution in [0.15, 0.2) is 53.0 Å². The molecule has 0 radical (unpaired) electrons. The van der Waals surface area contributed by atoms with E-state index in [1.807, 2.05) is 42.5 Å². The number of benzene rings is 2. The molecule has 0 fully saturated rings. The average molecular weight is 490 g/mol. The van der Waals surface area contributed by atoms with E-state index in [0.29, 0.717) is 17.2 Å². The maximum Gasteiger partial charge on any atom is 0.270 e. The van der Waals surface area contributed by atoms with Gasteiger partial charge in [0.05, 0.1) is 5.56 Å². The van der Waals surface area contributed by atoms with Crippen molar-refractivity contribution in [3.8, 4) is 0 Å². The first-order valence-electron chi connectivity index (χ1n) is 6.39. The molecule has 2 aromatic carbocycles. The maximum absolute atomic E-state index is 12.1. The third-order valence-corrected chi connectivity index (χ3v) is 4.44. The second kappa shape index (κ2) is 8.44. The minimum Gasteiger partial charge on any atom is -0.357 e. The predicted octanol–water partition coefficient (Wildman–Crippen LogP) is 3.36. The summed E-state index contributed by atoms with van der Waals surface area (Å²) in [6, 6.07) is 15.4. The minimum atomic E-state index is -0.241. The zero-order chi connectivity index (χ0) is 15.9. The van der Waals surface area contributed by atoms with Crippen LogP contribution in [0, 0.1) is 3.57 Å². The molecule has 0 aliphatic heterocycles. The highest BCUT2D eigenvalue weighted by molar-refractivity contribution is 14.1. The van der Waals surface area contributed by atoms with Gasteiger partial charge in [-0.1, -0.05) is 46.3 Å². The number of halogens is 2. The zero-order valence-corrected chi connectivity index (χ0v) is 16.0. The van der Waals surface area contributed by atoms with E-state index in [4.69, 9.17) is 12.2 Å². The van der Waals surface area contributed by atoms with E-state index in [1.165, 1.54) is 0 Å². The molecule has 0 bridgehead atoms. The summed E-state index contributed by atoms with van der Waals surface area (Å²) < 4.78 is 1.71. The van der Waals surface area contributed by atoms with E-state index in [1.54, 1.807) is 6.07 Å². The molecular weight excluding hydrogens is 477 g/mol. The van der Waals surface area contributed by atoms with E-state index >= 15 is 0 Å². The largest absolute Gasteiger partial charge is 0.357 e. The number of hydrogen-bond acceptors (Lipinski definition) is 2. The average Bonchev–Trinajstić information content (AvgIpc) is 2.54. The molecule has 0 aliphatic rings. The van der Waals surface area contributed by atoms with Gasteiger partial charge in [0.15, 0.2) is 5.11 Å². The lowest BCUT2D eigenvalue weighted by atomic mass is 10.2. The number of hydrogen-bond donors (Lipinski definition) is 3. The van der Waals surface area contributed by atoms with Gasteiger partial charge in [-0.3, -0.25) is 15.6 Å². The van der Waals surface area contributed by atoms with Crippen molar-refractivity contribution in [1.82, 2.24) is 16.2 Å². The molecule has 7 heteroatoms. The minimum absolute atomic E-state index is 0.241. The van der Waals surface area contributed by atoms with Crippen LogP contribution in [-0.4, -0.2) is 11.0 Å². The molecule has 0 saturated heterocycles. The Morgan fingerprint density at radius 3 is 2.59 bits per heavy atom. The summed E-state index contributed by atoms with van der Waals surface area (Å²) in [6.07, 6.45) is 0. The smallest absolute Gasteiger partial charge is 0.270 e. The first-order valence-corrected chi connectivity index (χ1v) is 8.67. The highest BCUT2D eigenvalue weighted by Crippen LogP contribution is 2.18. The molecule has 3 N–H and O–H groups in total. The van der Waals surface area contributed by atoms with Crippen LogP contribution in [0.25, 0.3) is 0 Å². The van der Waals surface area contributed by atoms with Gasteiger partial charge >= 0.3 is 0 Å². The monoisotopic (exact) mass is 489 g/mol. The van der Waals surface area contributed by atoms with E-state index in [2.05, 4.69) is 54.7 Å². The van der Waals surface area contributed by atoms with Gasteiger partial charge < -0.3 is 5.32 Å². The number of hydrazine groups is 1. The second-order valence-electron chi connectivity index (χ2n) is 4.37. The molecule has 2 aromatic rings. The van der Waals surface area contributed by atoms with Crippen molar-refractivity contribution in [2.45, 2.75) is 6.54 Å². The van der Waals surface area contributed by atoms with Gasteiger partial charge in [-0.25, -0.2) is 0 Å².